The molecule has 2 fully saturated rings. The van der Waals surface area contributed by atoms with E-state index in [9.17, 15) is 14.4 Å². The molecule has 0 radical (unpaired) electrons. The molecule has 2 aromatic rings. The Morgan fingerprint density at radius 3 is 2.57 bits per heavy atom. The van der Waals surface area contributed by atoms with Crippen LogP contribution in [0.5, 0.6) is 5.75 Å². The van der Waals surface area contributed by atoms with Crippen LogP contribution in [0.3, 0.4) is 0 Å². The molecule has 1 aromatic heterocycles. The highest BCUT2D eigenvalue weighted by Crippen LogP contribution is 2.38. The fourth-order valence-corrected chi connectivity index (χ4v) is 3.74. The van der Waals surface area contributed by atoms with Crippen molar-refractivity contribution in [3.63, 3.8) is 0 Å². The lowest BCUT2D eigenvalue weighted by Crippen LogP contribution is -2.62. The monoisotopic (exact) mass is 419 g/mol. The van der Waals surface area contributed by atoms with Crippen molar-refractivity contribution in [3.05, 3.63) is 34.7 Å². The minimum atomic E-state index is -0.967. The van der Waals surface area contributed by atoms with E-state index in [4.69, 9.17) is 28.1 Å². The third kappa shape index (κ3) is 3.59. The van der Waals surface area contributed by atoms with Gasteiger partial charge in [-0.25, -0.2) is 9.59 Å². The Balaban J connectivity index is 1.62. The molecule has 0 unspecified atom stereocenters. The maximum absolute atomic E-state index is 12.1. The summed E-state index contributed by atoms with van der Waals surface area (Å²) in [6.45, 7) is 4.89. The number of nitrogens with one attached hydrogen (secondary N) is 1. The van der Waals surface area contributed by atoms with E-state index in [1.54, 1.807) is 26.0 Å². The fourth-order valence-electron chi connectivity index (χ4n) is 3.74. The van der Waals surface area contributed by atoms with Crippen LogP contribution < -0.4 is 15.7 Å². The topological polar surface area (TPSA) is 123 Å². The predicted octanol–water partition coefficient (Wildman–Crippen LogP) is 2.18. The van der Waals surface area contributed by atoms with Crippen molar-refractivity contribution >= 4 is 28.7 Å². The Morgan fingerprint density at radius 2 is 1.87 bits per heavy atom. The maximum atomic E-state index is 12.1. The lowest BCUT2D eigenvalue weighted by molar-refractivity contribution is -0.282. The molecule has 30 heavy (non-hydrogen) atoms. The second kappa shape index (κ2) is 7.29. The van der Waals surface area contributed by atoms with Gasteiger partial charge in [-0.05, 0) is 32.0 Å². The molecule has 4 rings (SSSR count). The van der Waals surface area contributed by atoms with Gasteiger partial charge >= 0.3 is 11.8 Å². The van der Waals surface area contributed by atoms with Crippen molar-refractivity contribution in [1.82, 2.24) is 0 Å². The molecule has 4 atom stereocenters. The number of amides is 1. The van der Waals surface area contributed by atoms with Crippen LogP contribution in [0.15, 0.2) is 33.5 Å². The minimum Gasteiger partial charge on any atom is -0.461 e. The number of carbonyl (C=O) groups is 2. The third-order valence-electron chi connectivity index (χ3n) is 4.98. The first-order chi connectivity index (χ1) is 14.2. The van der Waals surface area contributed by atoms with Crippen LogP contribution in [0, 0.1) is 0 Å². The SMILES string of the molecule is CO[C@@H]1[C@@H]2OC(=O)O[C@@H]2[C@H](Oc2ccc3cc(NC(C)=O)c(=O)oc3c2)OC1(C)C. The molecule has 10 nitrogen and oxygen atoms in total. The Kier molecular flexibility index (Phi) is 4.91. The number of benzene rings is 1. The number of carbonyl (C=O) groups excluding carboxylic acids is 2. The largest absolute Gasteiger partial charge is 0.509 e. The predicted molar refractivity (Wildman–Crippen MR) is 102 cm³/mol. The molecule has 1 aromatic carbocycles. The van der Waals surface area contributed by atoms with Crippen LogP contribution in [0.1, 0.15) is 20.8 Å². The minimum absolute atomic E-state index is 0.0458. The molecule has 1 amide bonds. The van der Waals surface area contributed by atoms with Gasteiger partial charge < -0.3 is 33.4 Å². The number of fused-ring (bicyclic) bond motifs is 2. The normalized spacial score (nSPS) is 27.1. The zero-order valence-electron chi connectivity index (χ0n) is 16.8. The molecule has 0 spiro atoms. The molecule has 1 N–H and O–H groups in total. The summed E-state index contributed by atoms with van der Waals surface area (Å²) in [4.78, 5) is 35.0. The van der Waals surface area contributed by atoms with E-state index in [1.165, 1.54) is 26.2 Å². The zero-order valence-corrected chi connectivity index (χ0v) is 16.8. The number of hydrogen-bond acceptors (Lipinski definition) is 9. The van der Waals surface area contributed by atoms with Gasteiger partial charge in [-0.2, -0.15) is 0 Å². The molecule has 0 bridgehead atoms. The first kappa shape index (κ1) is 20.2. The Hall–Kier alpha value is -3.11. The maximum Gasteiger partial charge on any atom is 0.509 e. The van der Waals surface area contributed by atoms with E-state index in [0.29, 0.717) is 11.1 Å². The number of anilines is 1. The van der Waals surface area contributed by atoms with E-state index in [-0.39, 0.29) is 17.2 Å². The summed E-state index contributed by atoms with van der Waals surface area (Å²) in [7, 11) is 1.50. The Labute approximate surface area is 171 Å². The van der Waals surface area contributed by atoms with Crippen molar-refractivity contribution in [2.24, 2.45) is 0 Å². The lowest BCUT2D eigenvalue weighted by atomic mass is 9.89. The summed E-state index contributed by atoms with van der Waals surface area (Å²) in [5, 5.41) is 3.01. The van der Waals surface area contributed by atoms with Crippen LogP contribution >= 0.6 is 0 Å². The summed E-state index contributed by atoms with van der Waals surface area (Å²) >= 11 is 0. The second-order valence-electron chi connectivity index (χ2n) is 7.61. The average molecular weight is 419 g/mol. The Morgan fingerprint density at radius 1 is 1.13 bits per heavy atom. The number of rotatable bonds is 4. The Bertz CT molecular complexity index is 1060. The van der Waals surface area contributed by atoms with Gasteiger partial charge in [0.2, 0.25) is 18.3 Å². The van der Waals surface area contributed by atoms with Crippen molar-refractivity contribution in [1.29, 1.82) is 0 Å². The summed E-state index contributed by atoms with van der Waals surface area (Å²) in [6.07, 6.45) is -3.87. The molecule has 2 aliphatic rings. The summed E-state index contributed by atoms with van der Waals surface area (Å²) in [5.74, 6) is -0.0489. The molecule has 160 valence electrons. The van der Waals surface area contributed by atoms with Crippen molar-refractivity contribution in [2.75, 3.05) is 12.4 Å². The van der Waals surface area contributed by atoms with Crippen molar-refractivity contribution < 1.29 is 37.7 Å². The molecular formula is C20H21NO9. The van der Waals surface area contributed by atoms with Crippen molar-refractivity contribution in [2.45, 2.75) is 51.0 Å². The van der Waals surface area contributed by atoms with Gasteiger partial charge in [-0.3, -0.25) is 4.79 Å². The molecule has 2 aliphatic heterocycles. The van der Waals surface area contributed by atoms with Gasteiger partial charge in [0.05, 0.1) is 5.60 Å². The standard InChI is InChI=1S/C20H21NO9/c1-9(22)21-12-7-10-5-6-11(8-13(10)27-17(12)23)26-18-15-14(28-19(24)29-15)16(25-4)20(2,3)30-18/h5-8,14-16,18H,1-4H3,(H,21,22)/t14-,15+,16-,18-/m1/s1. The van der Waals surface area contributed by atoms with E-state index in [0.717, 1.165) is 0 Å². The number of methoxy groups -OCH3 is 1. The van der Waals surface area contributed by atoms with Crippen LogP contribution in [0.2, 0.25) is 0 Å². The first-order valence-electron chi connectivity index (χ1n) is 9.28. The number of ether oxygens (including phenoxy) is 5. The first-order valence-corrected chi connectivity index (χ1v) is 9.28. The molecule has 3 heterocycles. The highest BCUT2D eigenvalue weighted by Gasteiger charge is 2.58. The van der Waals surface area contributed by atoms with Gasteiger partial charge in [-0.1, -0.05) is 0 Å². The lowest BCUT2D eigenvalue weighted by Gasteiger charge is -2.45. The van der Waals surface area contributed by atoms with Gasteiger partial charge in [0.25, 0.3) is 0 Å². The smallest absolute Gasteiger partial charge is 0.461 e. The fraction of sp³-hybridized carbons (Fsp3) is 0.450. The van der Waals surface area contributed by atoms with Crippen LogP contribution in [-0.2, 0) is 23.7 Å². The van der Waals surface area contributed by atoms with E-state index < -0.39 is 42.0 Å². The summed E-state index contributed by atoms with van der Waals surface area (Å²) in [5.41, 5.74) is -1.21. The van der Waals surface area contributed by atoms with E-state index in [2.05, 4.69) is 5.32 Å². The molecular weight excluding hydrogens is 398 g/mol. The van der Waals surface area contributed by atoms with Crippen LogP contribution in [0.4, 0.5) is 10.5 Å². The van der Waals surface area contributed by atoms with E-state index in [1.807, 2.05) is 0 Å². The summed E-state index contributed by atoms with van der Waals surface area (Å²) in [6, 6.07) is 6.34. The molecule has 0 saturated carbocycles. The third-order valence-corrected chi connectivity index (χ3v) is 4.98. The van der Waals surface area contributed by atoms with Gasteiger partial charge in [0, 0.05) is 25.5 Å². The molecule has 10 heteroatoms. The highest BCUT2D eigenvalue weighted by atomic mass is 16.8. The van der Waals surface area contributed by atoms with Gasteiger partial charge in [-0.15, -0.1) is 0 Å². The summed E-state index contributed by atoms with van der Waals surface area (Å²) < 4.78 is 33.2. The average Bonchev–Trinajstić information content (AvgIpc) is 3.03. The van der Waals surface area contributed by atoms with E-state index >= 15 is 0 Å². The van der Waals surface area contributed by atoms with Crippen LogP contribution in [-0.4, -0.2) is 49.4 Å². The molecule has 2 saturated heterocycles. The molecule has 0 aliphatic carbocycles. The van der Waals surface area contributed by atoms with Gasteiger partial charge in [0.1, 0.15) is 23.1 Å². The second-order valence-corrected chi connectivity index (χ2v) is 7.61. The quantitative estimate of drug-likeness (QED) is 0.587. The van der Waals surface area contributed by atoms with Crippen molar-refractivity contribution in [3.8, 4) is 5.75 Å². The van der Waals surface area contributed by atoms with Crippen LogP contribution in [0.25, 0.3) is 11.0 Å². The zero-order chi connectivity index (χ0) is 21.6. The van der Waals surface area contributed by atoms with Gasteiger partial charge in [0.15, 0.2) is 6.10 Å². The number of hydrogen-bond donors (Lipinski definition) is 1. The highest BCUT2D eigenvalue weighted by molar-refractivity contribution is 5.91.